The molecule has 1 aliphatic heterocycles. The van der Waals surface area contributed by atoms with Gasteiger partial charge in [0.1, 0.15) is 6.10 Å². The van der Waals surface area contributed by atoms with Crippen molar-refractivity contribution < 1.29 is 19.1 Å². The molecule has 29 heavy (non-hydrogen) atoms. The minimum atomic E-state index is -0.287. The predicted molar refractivity (Wildman–Crippen MR) is 107 cm³/mol. The first-order valence-electron chi connectivity index (χ1n) is 10.9. The SMILES string of the molecule is CN(C(=O)c1ccc(NC(=O)[C@@H]2[C@@H]3C[C@@H]4[C@@H]2C(=O)O[C@@H]4C3)cc1)C1CCCCC1. The van der Waals surface area contributed by atoms with Crippen LogP contribution in [0.3, 0.4) is 0 Å². The molecule has 1 N–H and O–H groups in total. The number of fused-ring (bicyclic) bond motifs is 1. The molecular weight excluding hydrogens is 368 g/mol. The number of amides is 2. The topological polar surface area (TPSA) is 75.7 Å². The molecule has 5 rings (SSSR count). The van der Waals surface area contributed by atoms with Gasteiger partial charge in [-0.25, -0.2) is 0 Å². The predicted octanol–water partition coefficient (Wildman–Crippen LogP) is 3.23. The van der Waals surface area contributed by atoms with Gasteiger partial charge in [0.25, 0.3) is 5.91 Å². The lowest BCUT2D eigenvalue weighted by molar-refractivity contribution is -0.145. The summed E-state index contributed by atoms with van der Waals surface area (Å²) >= 11 is 0. The molecule has 5 atom stereocenters. The summed E-state index contributed by atoms with van der Waals surface area (Å²) < 4.78 is 5.42. The van der Waals surface area contributed by atoms with Crippen LogP contribution in [0.15, 0.2) is 24.3 Å². The van der Waals surface area contributed by atoms with Gasteiger partial charge >= 0.3 is 5.97 Å². The molecule has 0 unspecified atom stereocenters. The van der Waals surface area contributed by atoms with E-state index in [4.69, 9.17) is 4.74 Å². The van der Waals surface area contributed by atoms with E-state index in [0.717, 1.165) is 25.7 Å². The van der Waals surface area contributed by atoms with Gasteiger partial charge in [0.2, 0.25) is 5.91 Å². The van der Waals surface area contributed by atoms with Crippen LogP contribution < -0.4 is 5.32 Å². The van der Waals surface area contributed by atoms with Gasteiger partial charge in [-0.1, -0.05) is 19.3 Å². The number of ether oxygens (including phenoxy) is 1. The van der Waals surface area contributed by atoms with Gasteiger partial charge in [-0.15, -0.1) is 0 Å². The minimum absolute atomic E-state index is 0.0302. The average molecular weight is 396 g/mol. The maximum absolute atomic E-state index is 12.9. The second kappa shape index (κ2) is 7.15. The number of nitrogens with one attached hydrogen (secondary N) is 1. The fourth-order valence-electron chi connectivity index (χ4n) is 6.12. The number of carbonyl (C=O) groups excluding carboxylic acids is 3. The zero-order valence-corrected chi connectivity index (χ0v) is 16.8. The highest BCUT2D eigenvalue weighted by molar-refractivity contribution is 5.98. The maximum atomic E-state index is 12.9. The highest BCUT2D eigenvalue weighted by Crippen LogP contribution is 2.57. The standard InChI is InChI=1S/C23H28N2O4/c1-25(16-5-3-2-4-6-16)22(27)13-7-9-15(10-8-13)24-21(26)19-14-11-17-18(12-14)29-23(28)20(17)19/h7-10,14,16-20H,2-6,11-12H2,1H3,(H,24,26)/t14-,17+,18-,19-,20+/m1/s1. The molecule has 4 fully saturated rings. The Morgan fingerprint density at radius 3 is 2.52 bits per heavy atom. The van der Waals surface area contributed by atoms with Gasteiger partial charge in [0.15, 0.2) is 0 Å². The number of hydrogen-bond donors (Lipinski definition) is 1. The Hall–Kier alpha value is -2.37. The van der Waals surface area contributed by atoms with E-state index < -0.39 is 0 Å². The summed E-state index contributed by atoms with van der Waals surface area (Å²) in [6.07, 6.45) is 7.54. The second-order valence-electron chi connectivity index (χ2n) is 9.20. The number of hydrogen-bond acceptors (Lipinski definition) is 4. The number of nitrogens with zero attached hydrogens (tertiary/aromatic N) is 1. The van der Waals surface area contributed by atoms with Gasteiger partial charge in [-0.2, -0.15) is 0 Å². The largest absolute Gasteiger partial charge is 0.462 e. The first kappa shape index (κ1) is 18.6. The molecule has 1 aromatic carbocycles. The van der Waals surface area contributed by atoms with Gasteiger partial charge in [0.05, 0.1) is 11.8 Å². The summed E-state index contributed by atoms with van der Waals surface area (Å²) in [5, 5.41) is 2.96. The summed E-state index contributed by atoms with van der Waals surface area (Å²) in [7, 11) is 1.89. The van der Waals surface area contributed by atoms with Gasteiger partial charge in [-0.3, -0.25) is 14.4 Å². The summed E-state index contributed by atoms with van der Waals surface area (Å²) in [6.45, 7) is 0. The van der Waals surface area contributed by atoms with Crippen LogP contribution in [0.25, 0.3) is 0 Å². The van der Waals surface area contributed by atoms with Crippen molar-refractivity contribution in [2.45, 2.75) is 57.1 Å². The summed E-state index contributed by atoms with van der Waals surface area (Å²) in [5.74, 6) is -0.369. The lowest BCUT2D eigenvalue weighted by Gasteiger charge is -2.31. The van der Waals surface area contributed by atoms with E-state index in [2.05, 4.69) is 5.32 Å². The van der Waals surface area contributed by atoms with Crippen LogP contribution in [0, 0.1) is 23.7 Å². The van der Waals surface area contributed by atoms with E-state index in [1.54, 1.807) is 24.3 Å². The first-order valence-corrected chi connectivity index (χ1v) is 10.9. The van der Waals surface area contributed by atoms with Crippen molar-refractivity contribution in [2.24, 2.45) is 23.7 Å². The third-order valence-corrected chi connectivity index (χ3v) is 7.63. The number of carbonyl (C=O) groups is 3. The van der Waals surface area contributed by atoms with Crippen LogP contribution in [-0.2, 0) is 14.3 Å². The normalized spacial score (nSPS) is 32.9. The second-order valence-corrected chi connectivity index (χ2v) is 9.20. The Labute approximate surface area is 171 Å². The van der Waals surface area contributed by atoms with E-state index in [1.807, 2.05) is 11.9 Å². The highest BCUT2D eigenvalue weighted by atomic mass is 16.6. The molecule has 6 heteroatoms. The molecular formula is C23H28N2O4. The fourth-order valence-corrected chi connectivity index (χ4v) is 6.12. The van der Waals surface area contributed by atoms with Crippen molar-refractivity contribution in [1.82, 2.24) is 4.90 Å². The van der Waals surface area contributed by atoms with Crippen LogP contribution in [-0.4, -0.2) is 41.9 Å². The molecule has 3 aliphatic carbocycles. The van der Waals surface area contributed by atoms with Crippen LogP contribution in [0.2, 0.25) is 0 Å². The van der Waals surface area contributed by atoms with Crippen molar-refractivity contribution >= 4 is 23.5 Å². The minimum Gasteiger partial charge on any atom is -0.462 e. The summed E-state index contributed by atoms with van der Waals surface area (Å²) in [4.78, 5) is 39.7. The lowest BCUT2D eigenvalue weighted by atomic mass is 9.79. The van der Waals surface area contributed by atoms with Gasteiger partial charge in [-0.05, 0) is 55.9 Å². The van der Waals surface area contributed by atoms with E-state index in [-0.39, 0.29) is 47.6 Å². The number of anilines is 1. The molecule has 0 radical (unpaired) electrons. The number of rotatable bonds is 4. The summed E-state index contributed by atoms with van der Waals surface area (Å²) in [5.41, 5.74) is 1.30. The van der Waals surface area contributed by atoms with Gasteiger partial charge < -0.3 is 15.0 Å². The van der Waals surface area contributed by atoms with Crippen molar-refractivity contribution in [2.75, 3.05) is 12.4 Å². The Morgan fingerprint density at radius 1 is 1.07 bits per heavy atom. The maximum Gasteiger partial charge on any atom is 0.310 e. The van der Waals surface area contributed by atoms with E-state index in [9.17, 15) is 14.4 Å². The Morgan fingerprint density at radius 2 is 1.79 bits per heavy atom. The Bertz CT molecular complexity index is 828. The van der Waals surface area contributed by atoms with Crippen molar-refractivity contribution in [3.05, 3.63) is 29.8 Å². The molecule has 1 heterocycles. The van der Waals surface area contributed by atoms with Crippen LogP contribution in [0.4, 0.5) is 5.69 Å². The number of benzene rings is 1. The third-order valence-electron chi connectivity index (χ3n) is 7.63. The molecule has 0 aromatic heterocycles. The zero-order chi connectivity index (χ0) is 20.1. The molecule has 1 saturated heterocycles. The third kappa shape index (κ3) is 3.13. The van der Waals surface area contributed by atoms with Crippen LogP contribution >= 0.6 is 0 Å². The highest BCUT2D eigenvalue weighted by Gasteiger charge is 2.63. The van der Waals surface area contributed by atoms with Crippen molar-refractivity contribution in [1.29, 1.82) is 0 Å². The molecule has 6 nitrogen and oxygen atoms in total. The molecule has 2 amide bonds. The van der Waals surface area contributed by atoms with E-state index in [0.29, 0.717) is 17.3 Å². The monoisotopic (exact) mass is 396 g/mol. The van der Waals surface area contributed by atoms with E-state index in [1.165, 1.54) is 19.3 Å². The average Bonchev–Trinajstić information content (AvgIpc) is 3.36. The molecule has 1 aromatic rings. The molecule has 4 aliphatic rings. The van der Waals surface area contributed by atoms with Gasteiger partial charge in [0, 0.05) is 30.3 Å². The van der Waals surface area contributed by atoms with Crippen LogP contribution in [0.1, 0.15) is 55.3 Å². The Balaban J connectivity index is 1.23. The molecule has 0 spiro atoms. The summed E-state index contributed by atoms with van der Waals surface area (Å²) in [6, 6.07) is 7.44. The van der Waals surface area contributed by atoms with Crippen molar-refractivity contribution in [3.8, 4) is 0 Å². The van der Waals surface area contributed by atoms with E-state index >= 15 is 0 Å². The molecule has 154 valence electrons. The first-order chi connectivity index (χ1) is 14.0. The lowest BCUT2D eigenvalue weighted by Crippen LogP contribution is -2.38. The molecule has 2 bridgehead atoms. The smallest absolute Gasteiger partial charge is 0.310 e. The zero-order valence-electron chi connectivity index (χ0n) is 16.8. The number of esters is 1. The van der Waals surface area contributed by atoms with Crippen LogP contribution in [0.5, 0.6) is 0 Å². The quantitative estimate of drug-likeness (QED) is 0.793. The van der Waals surface area contributed by atoms with Crippen molar-refractivity contribution in [3.63, 3.8) is 0 Å². The molecule has 3 saturated carbocycles. The fraction of sp³-hybridized carbons (Fsp3) is 0.609. The Kier molecular flexibility index (Phi) is 4.60.